The number of nitrogens with zero attached hydrogens (tertiary/aromatic N) is 3. The Morgan fingerprint density at radius 1 is 1.37 bits per heavy atom. The molecular weight excluding hydrogens is 351 g/mol. The van der Waals surface area contributed by atoms with Crippen LogP contribution in [0, 0.1) is 5.82 Å². The van der Waals surface area contributed by atoms with Crippen molar-refractivity contribution >= 4 is 5.91 Å². The maximum Gasteiger partial charge on any atom is 0.269 e. The zero-order chi connectivity index (χ0) is 19.0. The van der Waals surface area contributed by atoms with Crippen molar-refractivity contribution in [3.8, 4) is 5.75 Å². The van der Waals surface area contributed by atoms with Gasteiger partial charge in [-0.2, -0.15) is 5.10 Å². The van der Waals surface area contributed by atoms with Crippen molar-refractivity contribution in [1.82, 2.24) is 14.7 Å². The fraction of sp³-hybridized carbons (Fsp3) is 0.474. The molecule has 0 saturated carbocycles. The molecule has 1 spiro atoms. The van der Waals surface area contributed by atoms with Gasteiger partial charge < -0.3 is 15.2 Å². The molecule has 0 aliphatic carbocycles. The van der Waals surface area contributed by atoms with Crippen LogP contribution in [-0.2, 0) is 24.4 Å². The van der Waals surface area contributed by atoms with Crippen LogP contribution in [0.25, 0.3) is 0 Å². The van der Waals surface area contributed by atoms with E-state index >= 15 is 0 Å². The van der Waals surface area contributed by atoms with E-state index in [4.69, 9.17) is 15.2 Å². The third-order valence-corrected chi connectivity index (χ3v) is 5.50. The number of hydrogen-bond donors (Lipinski definition) is 1. The zero-order valence-electron chi connectivity index (χ0n) is 15.3. The number of hydrogen-bond acceptors (Lipinski definition) is 5. The molecule has 1 aromatic heterocycles. The molecule has 3 heterocycles. The number of aromatic nitrogens is 2. The van der Waals surface area contributed by atoms with Gasteiger partial charge in [0.15, 0.2) is 0 Å². The first-order chi connectivity index (χ1) is 13.0. The second kappa shape index (κ2) is 6.94. The molecule has 0 bridgehead atoms. The molecule has 1 fully saturated rings. The van der Waals surface area contributed by atoms with Crippen molar-refractivity contribution in [3.63, 3.8) is 0 Å². The summed E-state index contributed by atoms with van der Waals surface area (Å²) in [6.45, 7) is 3.22. The van der Waals surface area contributed by atoms with Crippen LogP contribution in [0.3, 0.4) is 0 Å². The Morgan fingerprint density at radius 2 is 2.15 bits per heavy atom. The van der Waals surface area contributed by atoms with E-state index in [0.717, 1.165) is 31.6 Å². The molecule has 0 atom stereocenters. The third-order valence-electron chi connectivity index (χ3n) is 5.50. The lowest BCUT2D eigenvalue weighted by Crippen LogP contribution is -2.50. The van der Waals surface area contributed by atoms with Crippen LogP contribution >= 0.6 is 0 Å². The van der Waals surface area contributed by atoms with Gasteiger partial charge in [0.25, 0.3) is 5.91 Å². The quantitative estimate of drug-likeness (QED) is 0.881. The number of nitrogens with two attached hydrogens (primary N) is 1. The van der Waals surface area contributed by atoms with E-state index in [9.17, 15) is 9.18 Å². The minimum absolute atomic E-state index is 0.247. The number of ether oxygens (including phenoxy) is 2. The Balaban J connectivity index is 1.39. The second-order valence-corrected chi connectivity index (χ2v) is 7.25. The van der Waals surface area contributed by atoms with Crippen LogP contribution in [-0.4, -0.2) is 46.4 Å². The molecule has 2 N–H and O–H groups in total. The van der Waals surface area contributed by atoms with Crippen LogP contribution in [0.2, 0.25) is 0 Å². The molecule has 7 nitrogen and oxygen atoms in total. The molecule has 4 rings (SSSR count). The first-order valence-electron chi connectivity index (χ1n) is 9.03. The minimum atomic E-state index is -0.526. The Hall–Kier alpha value is -2.45. The standard InChI is InChI=1S/C19H23FN4O3/c1-26-15-3-2-13(16(20)9-15)10-23-6-4-19(5-7-23)12-24-14(11-27-19)8-17(22-24)18(21)25/h2-3,8-9H,4-7,10-12H2,1H3,(H2,21,25). The molecule has 1 aromatic carbocycles. The molecule has 2 aliphatic rings. The summed E-state index contributed by atoms with van der Waals surface area (Å²) >= 11 is 0. The summed E-state index contributed by atoms with van der Waals surface area (Å²) < 4.78 is 27.2. The Kier molecular flexibility index (Phi) is 4.61. The minimum Gasteiger partial charge on any atom is -0.497 e. The number of primary amides is 1. The molecule has 27 heavy (non-hydrogen) atoms. The normalized spacial score (nSPS) is 19.0. The van der Waals surface area contributed by atoms with Crippen LogP contribution in [0.4, 0.5) is 4.39 Å². The average molecular weight is 374 g/mol. The average Bonchev–Trinajstić information content (AvgIpc) is 3.08. The summed E-state index contributed by atoms with van der Waals surface area (Å²) in [5, 5.41) is 4.30. The van der Waals surface area contributed by atoms with Gasteiger partial charge in [0.2, 0.25) is 0 Å². The van der Waals surface area contributed by atoms with Crippen LogP contribution in [0.5, 0.6) is 5.75 Å². The van der Waals surface area contributed by atoms with Gasteiger partial charge in [-0.1, -0.05) is 6.07 Å². The van der Waals surface area contributed by atoms with Crippen LogP contribution < -0.4 is 10.5 Å². The highest BCUT2D eigenvalue weighted by atomic mass is 19.1. The van der Waals surface area contributed by atoms with Gasteiger partial charge in [-0.15, -0.1) is 0 Å². The maximum absolute atomic E-state index is 14.2. The highest BCUT2D eigenvalue weighted by Crippen LogP contribution is 2.34. The van der Waals surface area contributed by atoms with Crippen LogP contribution in [0.15, 0.2) is 24.3 Å². The summed E-state index contributed by atoms with van der Waals surface area (Å²) in [5.74, 6) is -0.249. The van der Waals surface area contributed by atoms with Gasteiger partial charge in [0.05, 0.1) is 31.6 Å². The lowest BCUT2D eigenvalue weighted by molar-refractivity contribution is -0.124. The number of likely N-dealkylation sites (tertiary alicyclic amines) is 1. The highest BCUT2D eigenvalue weighted by Gasteiger charge is 2.39. The van der Waals surface area contributed by atoms with Crippen molar-refractivity contribution in [2.24, 2.45) is 5.73 Å². The fourth-order valence-corrected chi connectivity index (χ4v) is 3.82. The second-order valence-electron chi connectivity index (χ2n) is 7.25. The van der Waals surface area contributed by atoms with Crippen molar-refractivity contribution in [2.45, 2.75) is 38.1 Å². The fourth-order valence-electron chi connectivity index (χ4n) is 3.82. The summed E-state index contributed by atoms with van der Waals surface area (Å²) in [6, 6.07) is 6.66. The monoisotopic (exact) mass is 374 g/mol. The topological polar surface area (TPSA) is 82.6 Å². The van der Waals surface area contributed by atoms with E-state index in [-0.39, 0.29) is 17.1 Å². The van der Waals surface area contributed by atoms with Crippen molar-refractivity contribution in [1.29, 1.82) is 0 Å². The number of rotatable bonds is 4. The first-order valence-corrected chi connectivity index (χ1v) is 9.03. The predicted molar refractivity (Wildman–Crippen MR) is 95.7 cm³/mol. The molecule has 1 amide bonds. The van der Waals surface area contributed by atoms with Gasteiger partial charge in [-0.3, -0.25) is 14.4 Å². The lowest BCUT2D eigenvalue weighted by Gasteiger charge is -2.43. The van der Waals surface area contributed by atoms with Gasteiger partial charge in [-0.25, -0.2) is 4.39 Å². The van der Waals surface area contributed by atoms with E-state index in [0.29, 0.717) is 31.0 Å². The third kappa shape index (κ3) is 3.54. The van der Waals surface area contributed by atoms with Gasteiger partial charge >= 0.3 is 0 Å². The smallest absolute Gasteiger partial charge is 0.269 e. The molecule has 1 saturated heterocycles. The number of fused-ring (bicyclic) bond motifs is 1. The first kappa shape index (κ1) is 17.9. The number of piperidine rings is 1. The lowest BCUT2D eigenvalue weighted by atomic mass is 9.89. The molecule has 2 aromatic rings. The number of halogens is 1. The predicted octanol–water partition coefficient (Wildman–Crippen LogP) is 1.69. The molecule has 0 radical (unpaired) electrons. The van der Waals surface area contributed by atoms with Gasteiger partial charge in [0.1, 0.15) is 17.3 Å². The summed E-state index contributed by atoms with van der Waals surface area (Å²) in [7, 11) is 1.53. The number of benzene rings is 1. The number of carbonyl (C=O) groups is 1. The van der Waals surface area contributed by atoms with Crippen molar-refractivity contribution in [3.05, 3.63) is 47.0 Å². The van der Waals surface area contributed by atoms with Crippen molar-refractivity contribution in [2.75, 3.05) is 20.2 Å². The van der Waals surface area contributed by atoms with E-state index in [1.54, 1.807) is 18.2 Å². The Labute approximate surface area is 156 Å². The van der Waals surface area contributed by atoms with E-state index < -0.39 is 5.91 Å². The summed E-state index contributed by atoms with van der Waals surface area (Å²) in [6.07, 6.45) is 1.66. The SMILES string of the molecule is COc1ccc(CN2CCC3(CC2)Cn2nc(C(N)=O)cc2CO3)c(F)c1. The molecule has 144 valence electrons. The molecule has 0 unspecified atom stereocenters. The van der Waals surface area contributed by atoms with E-state index in [1.165, 1.54) is 13.2 Å². The van der Waals surface area contributed by atoms with Crippen LogP contribution in [0.1, 0.15) is 34.6 Å². The highest BCUT2D eigenvalue weighted by molar-refractivity contribution is 5.90. The largest absolute Gasteiger partial charge is 0.497 e. The number of carbonyl (C=O) groups excluding carboxylic acids is 1. The summed E-state index contributed by atoms with van der Waals surface area (Å²) in [5.41, 5.74) is 6.84. The molecule has 2 aliphatic heterocycles. The molecule has 8 heteroatoms. The number of amides is 1. The summed E-state index contributed by atoms with van der Waals surface area (Å²) in [4.78, 5) is 13.6. The maximum atomic E-state index is 14.2. The molecular formula is C19H23FN4O3. The van der Waals surface area contributed by atoms with Crippen molar-refractivity contribution < 1.29 is 18.7 Å². The Morgan fingerprint density at radius 3 is 2.81 bits per heavy atom. The zero-order valence-corrected chi connectivity index (χ0v) is 15.3. The van der Waals surface area contributed by atoms with Gasteiger partial charge in [-0.05, 0) is 25.0 Å². The number of methoxy groups -OCH3 is 1. The van der Waals surface area contributed by atoms with Gasteiger partial charge in [0, 0.05) is 31.3 Å². The van der Waals surface area contributed by atoms with E-state index in [2.05, 4.69) is 10.00 Å². The van der Waals surface area contributed by atoms with E-state index in [1.807, 2.05) is 4.68 Å². The Bertz CT molecular complexity index is 859.